The molecule has 0 unspecified atom stereocenters. The minimum Gasteiger partial charge on any atom is -0.342 e. The van der Waals surface area contributed by atoms with Crippen molar-refractivity contribution < 1.29 is 4.79 Å². The van der Waals surface area contributed by atoms with Crippen LogP contribution in [0.4, 0.5) is 0 Å². The van der Waals surface area contributed by atoms with E-state index in [-0.39, 0.29) is 22.9 Å². The summed E-state index contributed by atoms with van der Waals surface area (Å²) in [4.78, 5) is 41.2. The number of carbonyl (C=O) groups is 1. The molecular formula is C22H21N3O3. The van der Waals surface area contributed by atoms with E-state index in [1.165, 1.54) is 0 Å². The molecule has 1 saturated heterocycles. The van der Waals surface area contributed by atoms with Crippen molar-refractivity contribution in [2.75, 3.05) is 13.1 Å². The number of likely N-dealkylation sites (tertiary alicyclic amines) is 1. The number of amides is 1. The van der Waals surface area contributed by atoms with Crippen LogP contribution in [0.5, 0.6) is 0 Å². The zero-order valence-electron chi connectivity index (χ0n) is 15.6. The zero-order chi connectivity index (χ0) is 19.4. The number of pyridine rings is 2. The molecule has 0 saturated carbocycles. The van der Waals surface area contributed by atoms with Gasteiger partial charge in [-0.25, -0.2) is 0 Å². The van der Waals surface area contributed by atoms with Gasteiger partial charge in [-0.15, -0.1) is 0 Å². The lowest BCUT2D eigenvalue weighted by Gasteiger charge is -2.42. The summed E-state index contributed by atoms with van der Waals surface area (Å²) in [6, 6.07) is 11.3. The van der Waals surface area contributed by atoms with Gasteiger partial charge in [0.2, 0.25) is 5.91 Å². The van der Waals surface area contributed by atoms with E-state index < -0.39 is 0 Å². The molecule has 0 radical (unpaired) electrons. The Morgan fingerprint density at radius 3 is 2.71 bits per heavy atom. The van der Waals surface area contributed by atoms with Crippen molar-refractivity contribution in [1.82, 2.24) is 14.5 Å². The fourth-order valence-corrected chi connectivity index (χ4v) is 4.75. The largest absolute Gasteiger partial charge is 0.342 e. The number of H-pyrrole nitrogens is 1. The molecule has 1 fully saturated rings. The second-order valence-electron chi connectivity index (χ2n) is 7.95. The van der Waals surface area contributed by atoms with Gasteiger partial charge in [-0.2, -0.15) is 0 Å². The SMILES string of the molecule is CC(=O)N1C[C@@H]2C[C@H](C1)c1cc(-c3ccc4c(=O)[nH]ccc4c3)cc(=O)n1C2. The zero-order valence-corrected chi connectivity index (χ0v) is 15.6. The lowest BCUT2D eigenvalue weighted by molar-refractivity contribution is -0.131. The molecule has 2 aliphatic heterocycles. The first kappa shape index (κ1) is 17.0. The molecule has 5 rings (SSSR count). The lowest BCUT2D eigenvalue weighted by atomic mass is 9.82. The molecule has 142 valence electrons. The Labute approximate surface area is 161 Å². The molecule has 1 amide bonds. The van der Waals surface area contributed by atoms with Crippen LogP contribution in [0.25, 0.3) is 21.9 Å². The molecule has 3 aromatic rings. The summed E-state index contributed by atoms with van der Waals surface area (Å²) >= 11 is 0. The Bertz CT molecular complexity index is 1220. The van der Waals surface area contributed by atoms with Crippen LogP contribution in [0, 0.1) is 5.92 Å². The van der Waals surface area contributed by atoms with Crippen LogP contribution in [-0.2, 0) is 11.3 Å². The quantitative estimate of drug-likeness (QED) is 0.709. The number of carbonyl (C=O) groups excluding carboxylic acids is 1. The molecule has 2 aliphatic rings. The number of piperidine rings is 1. The maximum absolute atomic E-state index is 12.8. The van der Waals surface area contributed by atoms with Gasteiger partial charge >= 0.3 is 0 Å². The number of aromatic nitrogens is 2. The minimum atomic E-state index is -0.118. The van der Waals surface area contributed by atoms with Gasteiger partial charge in [0.05, 0.1) is 0 Å². The third-order valence-corrected chi connectivity index (χ3v) is 6.11. The first-order chi connectivity index (χ1) is 13.5. The number of benzene rings is 1. The van der Waals surface area contributed by atoms with Crippen LogP contribution in [-0.4, -0.2) is 33.4 Å². The van der Waals surface area contributed by atoms with Crippen molar-refractivity contribution in [1.29, 1.82) is 0 Å². The summed E-state index contributed by atoms with van der Waals surface area (Å²) in [6.07, 6.45) is 2.65. The van der Waals surface area contributed by atoms with Gasteiger partial charge in [-0.1, -0.05) is 6.07 Å². The Balaban J connectivity index is 1.61. The summed E-state index contributed by atoms with van der Waals surface area (Å²) < 4.78 is 1.88. The lowest BCUT2D eigenvalue weighted by Crippen LogP contribution is -2.48. The molecule has 4 heterocycles. The molecule has 2 atom stereocenters. The predicted octanol–water partition coefficient (Wildman–Crippen LogP) is 2.32. The smallest absolute Gasteiger partial charge is 0.255 e. The first-order valence-corrected chi connectivity index (χ1v) is 9.62. The van der Waals surface area contributed by atoms with Crippen molar-refractivity contribution in [3.63, 3.8) is 0 Å². The molecule has 2 bridgehead atoms. The van der Waals surface area contributed by atoms with Gasteiger partial charge in [-0.3, -0.25) is 14.4 Å². The van der Waals surface area contributed by atoms with Crippen molar-refractivity contribution in [2.45, 2.75) is 25.8 Å². The van der Waals surface area contributed by atoms with Gasteiger partial charge in [-0.05, 0) is 53.1 Å². The van der Waals surface area contributed by atoms with E-state index >= 15 is 0 Å². The number of fused-ring (bicyclic) bond motifs is 5. The molecule has 1 N–H and O–H groups in total. The average Bonchev–Trinajstić information content (AvgIpc) is 2.68. The summed E-state index contributed by atoms with van der Waals surface area (Å²) in [5.41, 5.74) is 2.67. The number of aromatic amines is 1. The van der Waals surface area contributed by atoms with Crippen LogP contribution in [0.1, 0.15) is 25.0 Å². The third kappa shape index (κ3) is 2.68. The molecule has 6 nitrogen and oxygen atoms in total. The van der Waals surface area contributed by atoms with Gasteiger partial charge in [0, 0.05) is 55.8 Å². The molecular weight excluding hydrogens is 354 g/mol. The highest BCUT2D eigenvalue weighted by atomic mass is 16.2. The fourth-order valence-electron chi connectivity index (χ4n) is 4.75. The standard InChI is InChI=1S/C22H21N3O3/c1-13(26)24-10-14-6-18(12-24)20-8-17(9-21(27)25(20)11-14)15-2-3-19-16(7-15)4-5-23-22(19)28/h2-5,7-9,14,18H,6,10-12H2,1H3,(H,23,28)/t14-,18+/m0/s1. The van der Waals surface area contributed by atoms with E-state index in [2.05, 4.69) is 11.1 Å². The predicted molar refractivity (Wildman–Crippen MR) is 107 cm³/mol. The Kier molecular flexibility index (Phi) is 3.75. The van der Waals surface area contributed by atoms with Crippen LogP contribution in [0.3, 0.4) is 0 Å². The van der Waals surface area contributed by atoms with E-state index in [4.69, 9.17) is 0 Å². The van der Waals surface area contributed by atoms with Gasteiger partial charge in [0.15, 0.2) is 0 Å². The number of nitrogens with one attached hydrogen (secondary N) is 1. The maximum Gasteiger partial charge on any atom is 0.255 e. The van der Waals surface area contributed by atoms with E-state index in [1.807, 2.05) is 27.7 Å². The Morgan fingerprint density at radius 1 is 1.04 bits per heavy atom. The summed E-state index contributed by atoms with van der Waals surface area (Å²) in [6.45, 7) is 3.68. The van der Waals surface area contributed by atoms with Gasteiger partial charge in [0.1, 0.15) is 0 Å². The average molecular weight is 375 g/mol. The molecule has 28 heavy (non-hydrogen) atoms. The molecule has 6 heteroatoms. The van der Waals surface area contributed by atoms with Crippen molar-refractivity contribution in [3.05, 3.63) is 69.0 Å². The van der Waals surface area contributed by atoms with Crippen molar-refractivity contribution in [2.24, 2.45) is 5.92 Å². The Morgan fingerprint density at radius 2 is 1.89 bits per heavy atom. The van der Waals surface area contributed by atoms with Gasteiger partial charge < -0.3 is 14.5 Å². The highest BCUT2D eigenvalue weighted by molar-refractivity contribution is 5.86. The first-order valence-electron chi connectivity index (χ1n) is 9.62. The highest BCUT2D eigenvalue weighted by Crippen LogP contribution is 2.36. The number of rotatable bonds is 1. The van der Waals surface area contributed by atoms with E-state index in [1.54, 1.807) is 25.3 Å². The van der Waals surface area contributed by atoms with E-state index in [9.17, 15) is 14.4 Å². The summed E-state index contributed by atoms with van der Waals surface area (Å²) in [5.74, 6) is 0.625. The molecule has 2 aromatic heterocycles. The van der Waals surface area contributed by atoms with Crippen LogP contribution in [0.15, 0.2) is 52.2 Å². The molecule has 0 aliphatic carbocycles. The van der Waals surface area contributed by atoms with Crippen molar-refractivity contribution >= 4 is 16.7 Å². The number of hydrogen-bond donors (Lipinski definition) is 1. The monoisotopic (exact) mass is 375 g/mol. The second kappa shape index (κ2) is 6.19. The maximum atomic E-state index is 12.8. The second-order valence-corrected chi connectivity index (χ2v) is 7.95. The molecule has 0 spiro atoms. The topological polar surface area (TPSA) is 75.2 Å². The minimum absolute atomic E-state index is 0.00415. The molecule has 1 aromatic carbocycles. The van der Waals surface area contributed by atoms with Gasteiger partial charge in [0.25, 0.3) is 11.1 Å². The van der Waals surface area contributed by atoms with E-state index in [0.29, 0.717) is 24.4 Å². The normalized spacial score (nSPS) is 20.8. The van der Waals surface area contributed by atoms with Crippen LogP contribution < -0.4 is 11.1 Å². The van der Waals surface area contributed by atoms with Crippen molar-refractivity contribution in [3.8, 4) is 11.1 Å². The Hall–Kier alpha value is -3.15. The summed E-state index contributed by atoms with van der Waals surface area (Å²) in [7, 11) is 0. The van der Waals surface area contributed by atoms with Crippen LogP contribution >= 0.6 is 0 Å². The number of hydrogen-bond acceptors (Lipinski definition) is 3. The number of nitrogens with zero attached hydrogens (tertiary/aromatic N) is 2. The third-order valence-electron chi connectivity index (χ3n) is 6.11. The highest BCUT2D eigenvalue weighted by Gasteiger charge is 2.35. The van der Waals surface area contributed by atoms with Crippen LogP contribution in [0.2, 0.25) is 0 Å². The van der Waals surface area contributed by atoms with E-state index in [0.717, 1.165) is 35.2 Å². The fraction of sp³-hybridized carbons (Fsp3) is 0.318. The summed E-state index contributed by atoms with van der Waals surface area (Å²) in [5, 5.41) is 1.48.